The standard InChI is InChI=1S/C19H22Cl2N2O2/c1-13-6-4-7-14(2)18(13)22-17(24)12-23(3)10-11-25-19-15(20)8-5-9-16(19)21/h4-9H,10-12H2,1-3H3,(H,22,24). The number of para-hydroxylation sites is 2. The largest absolute Gasteiger partial charge is 0.489 e. The van der Waals surface area contributed by atoms with Crippen molar-refractivity contribution < 1.29 is 9.53 Å². The predicted molar refractivity (Wildman–Crippen MR) is 104 cm³/mol. The van der Waals surface area contributed by atoms with Crippen molar-refractivity contribution in [2.24, 2.45) is 0 Å². The normalized spacial score (nSPS) is 10.8. The number of hydrogen-bond donors (Lipinski definition) is 1. The molecule has 2 aromatic carbocycles. The van der Waals surface area contributed by atoms with Gasteiger partial charge in [0.25, 0.3) is 0 Å². The van der Waals surface area contributed by atoms with E-state index in [0.29, 0.717) is 28.9 Å². The van der Waals surface area contributed by atoms with Crippen molar-refractivity contribution in [3.63, 3.8) is 0 Å². The van der Waals surface area contributed by atoms with Crippen LogP contribution in [0.3, 0.4) is 0 Å². The van der Waals surface area contributed by atoms with Gasteiger partial charge >= 0.3 is 0 Å². The summed E-state index contributed by atoms with van der Waals surface area (Å²) in [6, 6.07) is 11.2. The van der Waals surface area contributed by atoms with Crippen molar-refractivity contribution >= 4 is 34.8 Å². The Bertz CT molecular complexity index is 710. The summed E-state index contributed by atoms with van der Waals surface area (Å²) in [5, 5.41) is 3.92. The number of likely N-dealkylation sites (N-methyl/N-ethyl adjacent to an activating group) is 1. The Labute approximate surface area is 158 Å². The summed E-state index contributed by atoms with van der Waals surface area (Å²) in [7, 11) is 1.86. The van der Waals surface area contributed by atoms with Gasteiger partial charge in [0.1, 0.15) is 6.61 Å². The molecule has 6 heteroatoms. The smallest absolute Gasteiger partial charge is 0.238 e. The molecule has 0 aliphatic heterocycles. The first-order valence-electron chi connectivity index (χ1n) is 8.00. The van der Waals surface area contributed by atoms with Crippen molar-refractivity contribution in [1.82, 2.24) is 4.90 Å². The molecule has 2 aromatic rings. The van der Waals surface area contributed by atoms with Crippen LogP contribution in [-0.2, 0) is 4.79 Å². The van der Waals surface area contributed by atoms with Crippen LogP contribution in [-0.4, -0.2) is 37.6 Å². The van der Waals surface area contributed by atoms with E-state index in [0.717, 1.165) is 16.8 Å². The van der Waals surface area contributed by atoms with Gasteiger partial charge in [0.15, 0.2) is 5.75 Å². The molecule has 0 aliphatic carbocycles. The van der Waals surface area contributed by atoms with Crippen LogP contribution in [0.25, 0.3) is 0 Å². The number of benzene rings is 2. The van der Waals surface area contributed by atoms with Gasteiger partial charge in [-0.05, 0) is 44.2 Å². The fourth-order valence-electron chi connectivity index (χ4n) is 2.44. The third-order valence-electron chi connectivity index (χ3n) is 3.80. The van der Waals surface area contributed by atoms with Crippen LogP contribution in [0.1, 0.15) is 11.1 Å². The molecule has 134 valence electrons. The number of halogens is 2. The van der Waals surface area contributed by atoms with Crippen molar-refractivity contribution in [1.29, 1.82) is 0 Å². The highest BCUT2D eigenvalue weighted by molar-refractivity contribution is 6.37. The summed E-state index contributed by atoms with van der Waals surface area (Å²) in [5.74, 6) is 0.412. The maximum absolute atomic E-state index is 12.2. The molecule has 0 bridgehead atoms. The first kappa shape index (κ1) is 19.6. The zero-order valence-electron chi connectivity index (χ0n) is 14.6. The molecule has 1 N–H and O–H groups in total. The summed E-state index contributed by atoms with van der Waals surface area (Å²) in [6.45, 7) is 5.19. The Morgan fingerprint density at radius 1 is 1.08 bits per heavy atom. The Hall–Kier alpha value is -1.75. The van der Waals surface area contributed by atoms with Gasteiger partial charge in [-0.2, -0.15) is 0 Å². The molecule has 4 nitrogen and oxygen atoms in total. The molecule has 0 atom stereocenters. The minimum absolute atomic E-state index is 0.0596. The Balaban J connectivity index is 1.82. The summed E-state index contributed by atoms with van der Waals surface area (Å²) >= 11 is 12.1. The van der Waals surface area contributed by atoms with Gasteiger partial charge < -0.3 is 10.1 Å². The molecule has 2 rings (SSSR count). The van der Waals surface area contributed by atoms with Crippen LogP contribution in [0.5, 0.6) is 5.75 Å². The average molecular weight is 381 g/mol. The quantitative estimate of drug-likeness (QED) is 0.765. The second kappa shape index (κ2) is 9.09. The lowest BCUT2D eigenvalue weighted by Crippen LogP contribution is -2.33. The molecule has 0 aliphatic rings. The fraction of sp³-hybridized carbons (Fsp3) is 0.316. The number of rotatable bonds is 7. The number of ether oxygens (including phenoxy) is 1. The van der Waals surface area contributed by atoms with E-state index in [9.17, 15) is 4.79 Å². The van der Waals surface area contributed by atoms with Gasteiger partial charge in [0.2, 0.25) is 5.91 Å². The minimum Gasteiger partial charge on any atom is -0.489 e. The van der Waals surface area contributed by atoms with E-state index in [1.54, 1.807) is 18.2 Å². The van der Waals surface area contributed by atoms with Crippen molar-refractivity contribution in [2.75, 3.05) is 32.1 Å². The van der Waals surface area contributed by atoms with Crippen molar-refractivity contribution in [2.45, 2.75) is 13.8 Å². The second-order valence-corrected chi connectivity index (χ2v) is 6.77. The highest BCUT2D eigenvalue weighted by Gasteiger charge is 2.11. The van der Waals surface area contributed by atoms with Crippen LogP contribution >= 0.6 is 23.2 Å². The van der Waals surface area contributed by atoms with Crippen LogP contribution in [0.15, 0.2) is 36.4 Å². The lowest BCUT2D eigenvalue weighted by molar-refractivity contribution is -0.117. The van der Waals surface area contributed by atoms with E-state index in [2.05, 4.69) is 5.32 Å². The molecule has 25 heavy (non-hydrogen) atoms. The third-order valence-corrected chi connectivity index (χ3v) is 4.39. The molecule has 0 radical (unpaired) electrons. The number of carbonyl (C=O) groups is 1. The zero-order valence-corrected chi connectivity index (χ0v) is 16.1. The molecule has 0 unspecified atom stereocenters. The van der Waals surface area contributed by atoms with Gasteiger partial charge in [-0.1, -0.05) is 47.5 Å². The van der Waals surface area contributed by atoms with Gasteiger partial charge in [-0.25, -0.2) is 0 Å². The number of amides is 1. The molecule has 1 amide bonds. The maximum atomic E-state index is 12.2. The molecule has 0 fully saturated rings. The maximum Gasteiger partial charge on any atom is 0.238 e. The Morgan fingerprint density at radius 2 is 1.64 bits per heavy atom. The van der Waals surface area contributed by atoms with Crippen molar-refractivity contribution in [3.05, 3.63) is 57.6 Å². The van der Waals surface area contributed by atoms with E-state index in [1.807, 2.05) is 44.0 Å². The summed E-state index contributed by atoms with van der Waals surface area (Å²) in [6.07, 6.45) is 0. The summed E-state index contributed by atoms with van der Waals surface area (Å²) < 4.78 is 5.64. The topological polar surface area (TPSA) is 41.6 Å². The van der Waals surface area contributed by atoms with Crippen molar-refractivity contribution in [3.8, 4) is 5.75 Å². The van der Waals surface area contributed by atoms with Gasteiger partial charge in [0, 0.05) is 12.2 Å². The molecular weight excluding hydrogens is 359 g/mol. The molecule has 0 aromatic heterocycles. The molecule has 0 spiro atoms. The number of nitrogens with one attached hydrogen (secondary N) is 1. The van der Waals surface area contributed by atoms with Crippen LogP contribution in [0, 0.1) is 13.8 Å². The lowest BCUT2D eigenvalue weighted by atomic mass is 10.1. The highest BCUT2D eigenvalue weighted by Crippen LogP contribution is 2.32. The van der Waals surface area contributed by atoms with E-state index in [1.165, 1.54) is 0 Å². The highest BCUT2D eigenvalue weighted by atomic mass is 35.5. The molecule has 0 saturated heterocycles. The molecule has 0 saturated carbocycles. The zero-order chi connectivity index (χ0) is 18.4. The number of aryl methyl sites for hydroxylation is 2. The number of carbonyl (C=O) groups excluding carboxylic acids is 1. The van der Waals surface area contributed by atoms with Gasteiger partial charge in [0.05, 0.1) is 16.6 Å². The first-order chi connectivity index (χ1) is 11.9. The molecular formula is C19H22Cl2N2O2. The number of hydrogen-bond acceptors (Lipinski definition) is 3. The van der Waals surface area contributed by atoms with Gasteiger partial charge in [-0.15, -0.1) is 0 Å². The van der Waals surface area contributed by atoms with Gasteiger partial charge in [-0.3, -0.25) is 9.69 Å². The summed E-state index contributed by atoms with van der Waals surface area (Å²) in [4.78, 5) is 14.1. The Morgan fingerprint density at radius 3 is 2.24 bits per heavy atom. The first-order valence-corrected chi connectivity index (χ1v) is 8.75. The van der Waals surface area contributed by atoms with E-state index >= 15 is 0 Å². The third kappa shape index (κ3) is 5.63. The average Bonchev–Trinajstić information content (AvgIpc) is 2.54. The fourth-order valence-corrected chi connectivity index (χ4v) is 2.95. The van der Waals surface area contributed by atoms with E-state index in [4.69, 9.17) is 27.9 Å². The van der Waals surface area contributed by atoms with Crippen LogP contribution in [0.2, 0.25) is 10.0 Å². The SMILES string of the molecule is Cc1cccc(C)c1NC(=O)CN(C)CCOc1c(Cl)cccc1Cl. The minimum atomic E-state index is -0.0596. The number of anilines is 1. The Kier molecular flexibility index (Phi) is 7.12. The van der Waals surface area contributed by atoms with Crippen LogP contribution in [0.4, 0.5) is 5.69 Å². The summed E-state index contributed by atoms with van der Waals surface area (Å²) in [5.41, 5.74) is 2.97. The molecule has 0 heterocycles. The van der Waals surface area contributed by atoms with E-state index < -0.39 is 0 Å². The number of nitrogens with zero attached hydrogens (tertiary/aromatic N) is 1. The second-order valence-electron chi connectivity index (χ2n) is 5.95. The van der Waals surface area contributed by atoms with E-state index in [-0.39, 0.29) is 12.5 Å². The predicted octanol–water partition coefficient (Wildman–Crippen LogP) is 4.56. The lowest BCUT2D eigenvalue weighted by Gasteiger charge is -2.18. The monoisotopic (exact) mass is 380 g/mol. The van der Waals surface area contributed by atoms with Crippen LogP contribution < -0.4 is 10.1 Å².